The molecule has 0 unspecified atom stereocenters. The Morgan fingerprint density at radius 3 is 2.05 bits per heavy atom. The van der Waals surface area contributed by atoms with Gasteiger partial charge in [-0.15, -0.1) is 0 Å². The molecule has 22 nitrogen and oxygen atoms in total. The molecule has 0 radical (unpaired) electrons. The van der Waals surface area contributed by atoms with Gasteiger partial charge in [-0.05, 0) is 113 Å². The molecule has 6 amide bonds. The number of nitrogens with one attached hydrogen (secondary N) is 7. The summed E-state index contributed by atoms with van der Waals surface area (Å²) in [6.45, 7) is 8.43. The highest BCUT2D eigenvalue weighted by molar-refractivity contribution is 8.00. The van der Waals surface area contributed by atoms with Crippen molar-refractivity contribution >= 4 is 64.3 Å². The number of rotatable bonds is 39. The van der Waals surface area contributed by atoms with Crippen molar-refractivity contribution in [2.75, 3.05) is 127 Å². The van der Waals surface area contributed by atoms with Gasteiger partial charge in [-0.3, -0.25) is 19.2 Å². The number of carbonyl (C=O) groups excluding carboxylic acids is 5. The SMILES string of the molecule is CN(CC=CC(=O)Nc1cc(Nc2cc(Oc3ccc(Oc4ccccc4)cc3)ncn2)ccc1N1CCOCC1)CCCCNC(=O)CCCC(=O)NCCCOCCOCCOCCCNC(=O)CCCC[C@@H]1SC[C@@H]2NC(=O)N[C@@H]21. The number of benzene rings is 3. The van der Waals surface area contributed by atoms with E-state index >= 15 is 0 Å². The summed E-state index contributed by atoms with van der Waals surface area (Å²) in [7, 11) is 1.99. The molecule has 7 rings (SSSR count). The van der Waals surface area contributed by atoms with Gasteiger partial charge >= 0.3 is 6.03 Å². The molecule has 3 aliphatic heterocycles. The first-order valence-corrected chi connectivity index (χ1v) is 30.1. The van der Waals surface area contributed by atoms with Crippen LogP contribution in [0.4, 0.5) is 27.7 Å². The first-order valence-electron chi connectivity index (χ1n) is 29.1. The molecule has 4 heterocycles. The lowest BCUT2D eigenvalue weighted by molar-refractivity contribution is -0.123. The Labute approximate surface area is 491 Å². The van der Waals surface area contributed by atoms with Gasteiger partial charge in [0.25, 0.3) is 0 Å². The minimum absolute atomic E-state index is 0.0614. The molecule has 0 spiro atoms. The molecule has 1 aromatic heterocycles. The van der Waals surface area contributed by atoms with Crippen molar-refractivity contribution in [3.63, 3.8) is 0 Å². The average Bonchev–Trinajstić information content (AvgIpc) is 4.31. The van der Waals surface area contributed by atoms with Crippen LogP contribution >= 0.6 is 11.8 Å². The number of carbonyl (C=O) groups is 5. The molecule has 0 bridgehead atoms. The van der Waals surface area contributed by atoms with E-state index in [0.29, 0.717) is 151 Å². The molecule has 4 aromatic rings. The first-order chi connectivity index (χ1) is 40.6. The largest absolute Gasteiger partial charge is 0.457 e. The molecule has 23 heteroatoms. The van der Waals surface area contributed by atoms with Gasteiger partial charge in [-0.2, -0.15) is 11.8 Å². The second-order valence-corrected chi connectivity index (χ2v) is 21.6. The number of anilines is 4. The van der Waals surface area contributed by atoms with E-state index in [1.165, 1.54) is 6.33 Å². The molecule has 3 aliphatic rings. The number of para-hydroxylation sites is 1. The summed E-state index contributed by atoms with van der Waals surface area (Å²) < 4.78 is 34.3. The second-order valence-electron chi connectivity index (χ2n) is 20.4. The Hall–Kier alpha value is -7.02. The summed E-state index contributed by atoms with van der Waals surface area (Å²) in [6.07, 6.45) is 12.2. The zero-order chi connectivity index (χ0) is 58.1. The van der Waals surface area contributed by atoms with Crippen molar-refractivity contribution in [1.29, 1.82) is 0 Å². The summed E-state index contributed by atoms with van der Waals surface area (Å²) in [5, 5.41) is 21.6. The van der Waals surface area contributed by atoms with Gasteiger partial charge in [0.2, 0.25) is 29.5 Å². The number of hydrogen-bond donors (Lipinski definition) is 7. The van der Waals surface area contributed by atoms with E-state index in [-0.39, 0.29) is 54.6 Å². The van der Waals surface area contributed by atoms with Gasteiger partial charge in [0.1, 0.15) is 29.4 Å². The van der Waals surface area contributed by atoms with Crippen LogP contribution in [0.25, 0.3) is 0 Å². The monoisotopic (exact) mass is 1170 g/mol. The maximum absolute atomic E-state index is 13.3. The lowest BCUT2D eigenvalue weighted by atomic mass is 10.0. The van der Waals surface area contributed by atoms with Crippen LogP contribution in [-0.2, 0) is 38.1 Å². The third-order valence-electron chi connectivity index (χ3n) is 13.7. The Kier molecular flexibility index (Phi) is 28.0. The number of urea groups is 1. The Morgan fingerprint density at radius 2 is 1.35 bits per heavy atom. The molecule has 7 N–H and O–H groups in total. The minimum Gasteiger partial charge on any atom is -0.457 e. The van der Waals surface area contributed by atoms with Crippen LogP contribution in [0, 0.1) is 0 Å². The number of fused-ring (bicyclic) bond motifs is 1. The van der Waals surface area contributed by atoms with Crippen molar-refractivity contribution in [2.45, 2.75) is 88.0 Å². The summed E-state index contributed by atoms with van der Waals surface area (Å²) >= 11 is 1.90. The van der Waals surface area contributed by atoms with Crippen molar-refractivity contribution in [3.8, 4) is 23.1 Å². The van der Waals surface area contributed by atoms with E-state index in [9.17, 15) is 24.0 Å². The van der Waals surface area contributed by atoms with Crippen LogP contribution in [0.3, 0.4) is 0 Å². The third kappa shape index (κ3) is 24.4. The number of thioether (sulfide) groups is 1. The highest BCUT2D eigenvalue weighted by Crippen LogP contribution is 2.34. The highest BCUT2D eigenvalue weighted by Gasteiger charge is 2.42. The predicted molar refractivity (Wildman–Crippen MR) is 321 cm³/mol. The topological polar surface area (TPSA) is 257 Å². The van der Waals surface area contributed by atoms with Gasteiger partial charge in [0.15, 0.2) is 0 Å². The van der Waals surface area contributed by atoms with E-state index in [2.05, 4.69) is 57.0 Å². The maximum atomic E-state index is 13.3. The van der Waals surface area contributed by atoms with Crippen LogP contribution < -0.4 is 51.6 Å². The summed E-state index contributed by atoms with van der Waals surface area (Å²) in [6, 6.07) is 24.7. The Morgan fingerprint density at radius 1 is 0.711 bits per heavy atom. The lowest BCUT2D eigenvalue weighted by Gasteiger charge is -2.30. The molecular weight excluding hydrogens is 1080 g/mol. The number of morpholine rings is 1. The van der Waals surface area contributed by atoms with Crippen LogP contribution in [0.2, 0.25) is 0 Å². The third-order valence-corrected chi connectivity index (χ3v) is 15.2. The minimum atomic E-state index is -0.254. The number of hydrogen-bond acceptors (Lipinski definition) is 17. The van der Waals surface area contributed by atoms with E-state index < -0.39 is 0 Å². The molecule has 0 aliphatic carbocycles. The fourth-order valence-electron chi connectivity index (χ4n) is 9.36. The normalized spacial score (nSPS) is 16.5. The molecule has 3 saturated heterocycles. The van der Waals surface area contributed by atoms with Crippen LogP contribution in [0.5, 0.6) is 23.1 Å². The van der Waals surface area contributed by atoms with E-state index in [1.54, 1.807) is 12.1 Å². The number of aromatic nitrogens is 2. The molecule has 83 heavy (non-hydrogen) atoms. The number of likely N-dealkylation sites (N-methyl/N-ethyl adjacent to an activating group) is 1. The number of ether oxygens (including phenoxy) is 6. The zero-order valence-electron chi connectivity index (χ0n) is 47.7. The van der Waals surface area contributed by atoms with Crippen molar-refractivity contribution in [1.82, 2.24) is 41.5 Å². The van der Waals surface area contributed by atoms with E-state index in [4.69, 9.17) is 28.4 Å². The van der Waals surface area contributed by atoms with Crippen LogP contribution in [0.1, 0.15) is 70.6 Å². The fraction of sp³-hybridized carbons (Fsp3) is 0.517. The fourth-order valence-corrected chi connectivity index (χ4v) is 10.9. The summed E-state index contributed by atoms with van der Waals surface area (Å²) in [4.78, 5) is 74.7. The van der Waals surface area contributed by atoms with Gasteiger partial charge in [-0.25, -0.2) is 14.8 Å². The highest BCUT2D eigenvalue weighted by atomic mass is 32.2. The smallest absolute Gasteiger partial charge is 0.315 e. The maximum Gasteiger partial charge on any atom is 0.315 e. The number of unbranched alkanes of at least 4 members (excludes halogenated alkanes) is 2. The predicted octanol–water partition coefficient (Wildman–Crippen LogP) is 6.92. The van der Waals surface area contributed by atoms with E-state index in [0.717, 1.165) is 62.3 Å². The first kappa shape index (κ1) is 63.6. The molecule has 3 atom stereocenters. The number of nitrogens with zero attached hydrogens (tertiary/aromatic N) is 4. The lowest BCUT2D eigenvalue weighted by Crippen LogP contribution is -2.36. The zero-order valence-corrected chi connectivity index (χ0v) is 48.6. The average molecular weight is 1170 g/mol. The van der Waals surface area contributed by atoms with Crippen molar-refractivity contribution in [3.05, 3.63) is 97.3 Å². The quantitative estimate of drug-likeness (QED) is 0.0136. The van der Waals surface area contributed by atoms with Gasteiger partial charge < -0.3 is 75.4 Å². The number of amides is 6. The Balaban J connectivity index is 0.653. The van der Waals surface area contributed by atoms with Gasteiger partial charge in [0.05, 0.1) is 63.1 Å². The van der Waals surface area contributed by atoms with Crippen molar-refractivity contribution < 1.29 is 52.4 Å². The Bertz CT molecular complexity index is 2630. The summed E-state index contributed by atoms with van der Waals surface area (Å²) in [5.41, 5.74) is 2.25. The summed E-state index contributed by atoms with van der Waals surface area (Å²) in [5.74, 6) is 3.47. The molecule has 0 saturated carbocycles. The molecule has 450 valence electrons. The van der Waals surface area contributed by atoms with Gasteiger partial charge in [0, 0.05) is 101 Å². The van der Waals surface area contributed by atoms with Crippen molar-refractivity contribution in [2.24, 2.45) is 0 Å². The molecule has 3 fully saturated rings. The standard InChI is InChI=1S/C60H83N11O11S/c1-70(29-8-7-26-61-55(73)17-9-18-56(74)63-28-12-34-78-38-40-80-39-37-77-33-11-27-62-54(72)16-6-5-15-52-59-50(43-83-52)68-60(76)69-59)30-10-19-57(75)67-49-41-45(20-25-51(49)71-31-35-79-36-32-71)66-53-42-58(65-44-64-53)82-48-23-21-47(22-24-48)81-46-13-3-2-4-14-46/h2-4,10,13-14,19-25,41-42,44,50,52,59H,5-9,11-12,15-18,26-40,43H2,1H3,(H,61,73)(H,62,72)(H,63,74)(H,67,75)(H,64,65,66)(H2,68,69,76)/t50-,52-,59-/m0/s1. The van der Waals surface area contributed by atoms with Crippen LogP contribution in [0.15, 0.2) is 97.3 Å². The van der Waals surface area contributed by atoms with Gasteiger partial charge in [-0.1, -0.05) is 30.7 Å². The van der Waals surface area contributed by atoms with Crippen LogP contribution in [-0.4, -0.2) is 173 Å². The molecule has 3 aromatic carbocycles. The molecular formula is C60H83N11O11S. The second kappa shape index (κ2) is 36.5. The van der Waals surface area contributed by atoms with E-state index in [1.807, 2.05) is 97.7 Å².